The Kier molecular flexibility index (Phi) is 4.67. The number of allylic oxidation sites excluding steroid dienone is 4. The molecule has 0 aliphatic heterocycles. The van der Waals surface area contributed by atoms with Gasteiger partial charge in [-0.15, -0.1) is 0 Å². The lowest BCUT2D eigenvalue weighted by molar-refractivity contribution is 0.694. The van der Waals surface area contributed by atoms with Crippen molar-refractivity contribution in [3.63, 3.8) is 0 Å². The van der Waals surface area contributed by atoms with E-state index in [9.17, 15) is 0 Å². The van der Waals surface area contributed by atoms with Gasteiger partial charge in [0.1, 0.15) is 0 Å². The minimum atomic E-state index is 0.301. The highest BCUT2D eigenvalue weighted by molar-refractivity contribution is 6.03. The first-order chi connectivity index (χ1) is 9.36. The van der Waals surface area contributed by atoms with E-state index >= 15 is 0 Å². The molecule has 1 aromatic rings. The van der Waals surface area contributed by atoms with Crippen molar-refractivity contribution in [2.75, 3.05) is 0 Å². The van der Waals surface area contributed by atoms with Crippen molar-refractivity contribution in [2.24, 2.45) is 5.92 Å². The van der Waals surface area contributed by atoms with Gasteiger partial charge < -0.3 is 5.41 Å². The number of hydrogen-bond acceptors (Lipinski definition) is 2. The highest BCUT2D eigenvalue weighted by atomic mass is 14.6. The molecule has 1 aromatic heterocycles. The Morgan fingerprint density at radius 3 is 2.95 bits per heavy atom. The van der Waals surface area contributed by atoms with Gasteiger partial charge in [0.15, 0.2) is 0 Å². The molecule has 1 unspecified atom stereocenters. The fourth-order valence-electron chi connectivity index (χ4n) is 2.79. The van der Waals surface area contributed by atoms with Gasteiger partial charge in [-0.1, -0.05) is 37.6 Å². The minimum absolute atomic E-state index is 0.301. The first kappa shape index (κ1) is 13.7. The Morgan fingerprint density at radius 2 is 2.11 bits per heavy atom. The molecule has 0 bridgehead atoms. The van der Waals surface area contributed by atoms with Gasteiger partial charge in [-0.25, -0.2) is 0 Å². The molecule has 100 valence electrons. The fraction of sp³-hybridized carbons (Fsp3) is 0.412. The zero-order valence-corrected chi connectivity index (χ0v) is 11.8. The Hall–Kier alpha value is -1.70. The van der Waals surface area contributed by atoms with Gasteiger partial charge in [0.2, 0.25) is 0 Å². The lowest BCUT2D eigenvalue weighted by Crippen LogP contribution is -2.16. The van der Waals surface area contributed by atoms with Crippen molar-refractivity contribution >= 4 is 5.71 Å². The van der Waals surface area contributed by atoms with Crippen LogP contribution in [-0.2, 0) is 6.42 Å². The molecular formula is C17H22N2. The molecule has 0 spiro atoms. The van der Waals surface area contributed by atoms with Gasteiger partial charge in [-0.3, -0.25) is 4.98 Å². The molecule has 1 N–H and O–H groups in total. The molecule has 0 saturated heterocycles. The van der Waals surface area contributed by atoms with Crippen LogP contribution in [-0.4, -0.2) is 10.7 Å². The van der Waals surface area contributed by atoms with Crippen LogP contribution < -0.4 is 0 Å². The number of pyridine rings is 1. The van der Waals surface area contributed by atoms with Crippen molar-refractivity contribution in [3.05, 3.63) is 53.4 Å². The lowest BCUT2D eigenvalue weighted by atomic mass is 9.88. The summed E-state index contributed by atoms with van der Waals surface area (Å²) in [5.41, 5.74) is 4.52. The Labute approximate surface area is 115 Å². The third-order valence-corrected chi connectivity index (χ3v) is 3.75. The molecule has 2 nitrogen and oxygen atoms in total. The van der Waals surface area contributed by atoms with E-state index < -0.39 is 0 Å². The molecule has 2 aliphatic rings. The topological polar surface area (TPSA) is 36.7 Å². The van der Waals surface area contributed by atoms with E-state index in [2.05, 4.69) is 29.3 Å². The van der Waals surface area contributed by atoms with Crippen molar-refractivity contribution < 1.29 is 0 Å². The van der Waals surface area contributed by atoms with E-state index in [-0.39, 0.29) is 0 Å². The summed E-state index contributed by atoms with van der Waals surface area (Å²) in [4.78, 5) is 4.18. The van der Waals surface area contributed by atoms with E-state index in [1.165, 1.54) is 11.1 Å². The summed E-state index contributed by atoms with van der Waals surface area (Å²) < 4.78 is 0. The maximum Gasteiger partial charge on any atom is 0.0476 e. The predicted molar refractivity (Wildman–Crippen MR) is 80.7 cm³/mol. The monoisotopic (exact) mass is 254 g/mol. The average Bonchev–Trinajstić information content (AvgIpc) is 2.77. The van der Waals surface area contributed by atoms with Crippen molar-refractivity contribution in [1.29, 1.82) is 5.41 Å². The molecule has 2 aliphatic carbocycles. The number of fused-ring (bicyclic) bond motifs is 2. The Balaban J connectivity index is 0.000000637. The fourth-order valence-corrected chi connectivity index (χ4v) is 2.79. The summed E-state index contributed by atoms with van der Waals surface area (Å²) in [6.45, 7) is 4.00. The third kappa shape index (κ3) is 2.83. The second-order valence-electron chi connectivity index (χ2n) is 4.75. The SMILES string of the molecule is CC.N=C1c2cnccc2CCC2=CC=CCCC12. The summed E-state index contributed by atoms with van der Waals surface area (Å²) in [5, 5.41) is 8.42. The highest BCUT2D eigenvalue weighted by Gasteiger charge is 2.25. The summed E-state index contributed by atoms with van der Waals surface area (Å²) in [6, 6.07) is 2.06. The molecule has 19 heavy (non-hydrogen) atoms. The van der Waals surface area contributed by atoms with Gasteiger partial charge in [0.25, 0.3) is 0 Å². The van der Waals surface area contributed by atoms with Crippen LogP contribution in [0.1, 0.15) is 44.2 Å². The van der Waals surface area contributed by atoms with Gasteiger partial charge in [0.05, 0.1) is 0 Å². The maximum absolute atomic E-state index is 8.42. The molecule has 1 atom stereocenters. The summed E-state index contributed by atoms with van der Waals surface area (Å²) in [7, 11) is 0. The van der Waals surface area contributed by atoms with Crippen LogP contribution in [0.3, 0.4) is 0 Å². The zero-order chi connectivity index (χ0) is 13.7. The molecule has 0 aromatic carbocycles. The van der Waals surface area contributed by atoms with Gasteiger partial charge in [-0.2, -0.15) is 0 Å². The van der Waals surface area contributed by atoms with Gasteiger partial charge in [-0.05, 0) is 37.3 Å². The van der Waals surface area contributed by atoms with E-state index in [1.54, 1.807) is 0 Å². The standard InChI is InChI=1S/C15H16N2.C2H6/c16-15-13-5-3-1-2-4-11(13)6-7-12-8-9-17-10-14(12)15;1-2/h1-2,4,8-10,13,16H,3,5-7H2;1-2H3. The number of hydrogen-bond donors (Lipinski definition) is 1. The number of nitrogens with one attached hydrogen (secondary N) is 1. The number of rotatable bonds is 0. The summed E-state index contributed by atoms with van der Waals surface area (Å²) in [6.07, 6.45) is 14.5. The molecule has 3 rings (SSSR count). The molecule has 1 heterocycles. The van der Waals surface area contributed by atoms with Crippen LogP contribution in [0.15, 0.2) is 42.3 Å². The molecule has 0 saturated carbocycles. The lowest BCUT2D eigenvalue weighted by Gasteiger charge is -2.17. The van der Waals surface area contributed by atoms with Crippen LogP contribution in [0, 0.1) is 11.3 Å². The number of nitrogens with zero attached hydrogens (tertiary/aromatic N) is 1. The quantitative estimate of drug-likeness (QED) is 0.735. The first-order valence-electron chi connectivity index (χ1n) is 7.23. The summed E-state index contributed by atoms with van der Waals surface area (Å²) in [5.74, 6) is 0.301. The van der Waals surface area contributed by atoms with Crippen molar-refractivity contribution in [3.8, 4) is 0 Å². The van der Waals surface area contributed by atoms with Crippen LogP contribution >= 0.6 is 0 Å². The zero-order valence-electron chi connectivity index (χ0n) is 11.8. The van der Waals surface area contributed by atoms with Gasteiger partial charge >= 0.3 is 0 Å². The van der Waals surface area contributed by atoms with Crippen molar-refractivity contribution in [1.82, 2.24) is 4.98 Å². The number of aryl methyl sites for hydroxylation is 1. The maximum atomic E-state index is 8.42. The molecular weight excluding hydrogens is 232 g/mol. The average molecular weight is 254 g/mol. The van der Waals surface area contributed by atoms with E-state index in [0.717, 1.165) is 37.0 Å². The van der Waals surface area contributed by atoms with E-state index in [1.807, 2.05) is 26.2 Å². The normalized spacial score (nSPS) is 21.1. The van der Waals surface area contributed by atoms with Gasteiger partial charge in [0, 0.05) is 29.6 Å². The smallest absolute Gasteiger partial charge is 0.0476 e. The number of aromatic nitrogens is 1. The predicted octanol–water partition coefficient (Wildman–Crippen LogP) is 4.31. The first-order valence-corrected chi connectivity index (χ1v) is 7.23. The largest absolute Gasteiger partial charge is 0.304 e. The third-order valence-electron chi connectivity index (χ3n) is 3.75. The minimum Gasteiger partial charge on any atom is -0.304 e. The Morgan fingerprint density at radius 1 is 1.26 bits per heavy atom. The highest BCUT2D eigenvalue weighted by Crippen LogP contribution is 2.32. The van der Waals surface area contributed by atoms with Crippen molar-refractivity contribution in [2.45, 2.75) is 39.5 Å². The van der Waals surface area contributed by atoms with E-state index in [0.29, 0.717) is 5.92 Å². The molecule has 0 radical (unpaired) electrons. The Bertz CT molecular complexity index is 512. The molecule has 0 fully saturated rings. The van der Waals surface area contributed by atoms with E-state index in [4.69, 9.17) is 5.41 Å². The molecule has 0 amide bonds. The second-order valence-corrected chi connectivity index (χ2v) is 4.75. The molecule has 2 heteroatoms. The van der Waals surface area contributed by atoms with Crippen LogP contribution in [0.5, 0.6) is 0 Å². The second kappa shape index (κ2) is 6.46. The van der Waals surface area contributed by atoms with Crippen LogP contribution in [0.4, 0.5) is 0 Å². The summed E-state index contributed by atoms with van der Waals surface area (Å²) >= 11 is 0. The van der Waals surface area contributed by atoms with Crippen LogP contribution in [0.2, 0.25) is 0 Å². The van der Waals surface area contributed by atoms with Crippen LogP contribution in [0.25, 0.3) is 0 Å².